The maximum atomic E-state index is 4.64. The van der Waals surface area contributed by atoms with Crippen LogP contribution in [-0.2, 0) is 12.8 Å². The fourth-order valence-electron chi connectivity index (χ4n) is 2.99. The van der Waals surface area contributed by atoms with E-state index in [4.69, 9.17) is 0 Å². The summed E-state index contributed by atoms with van der Waals surface area (Å²) in [6, 6.07) is 10.2. The molecule has 0 amide bonds. The number of nitrogens with one attached hydrogen (secondary N) is 2. The van der Waals surface area contributed by atoms with Crippen LogP contribution in [0.5, 0.6) is 0 Å². The zero-order valence-electron chi connectivity index (χ0n) is 16.8. The minimum atomic E-state index is 0.825. The molecule has 6 nitrogen and oxygen atoms in total. The van der Waals surface area contributed by atoms with Gasteiger partial charge in [0, 0.05) is 38.1 Å². The molecule has 7 heteroatoms. The van der Waals surface area contributed by atoms with Crippen molar-refractivity contribution in [2.45, 2.75) is 33.1 Å². The van der Waals surface area contributed by atoms with E-state index in [1.807, 2.05) is 29.8 Å². The van der Waals surface area contributed by atoms with Crippen molar-refractivity contribution in [1.29, 1.82) is 0 Å². The highest BCUT2D eigenvalue weighted by atomic mass is 32.1. The van der Waals surface area contributed by atoms with Gasteiger partial charge in [-0.2, -0.15) is 5.10 Å². The van der Waals surface area contributed by atoms with Crippen LogP contribution in [0.4, 0.5) is 0 Å². The molecule has 0 saturated carbocycles. The van der Waals surface area contributed by atoms with E-state index in [1.54, 1.807) is 18.4 Å². The van der Waals surface area contributed by atoms with Gasteiger partial charge in [0.1, 0.15) is 0 Å². The van der Waals surface area contributed by atoms with E-state index in [0.717, 1.165) is 60.4 Å². The number of benzene rings is 1. The van der Waals surface area contributed by atoms with Gasteiger partial charge in [-0.15, -0.1) is 11.3 Å². The number of aryl methyl sites for hydroxylation is 3. The lowest BCUT2D eigenvalue weighted by molar-refractivity contribution is 0.735. The van der Waals surface area contributed by atoms with Crippen molar-refractivity contribution < 1.29 is 0 Å². The standard InChI is InChI=1S/C21H28N6S/c1-16-18(14-27(26-16)20-9-5-4-6-10-20)8-7-12-23-21(22-3)24-13-11-19-15-28-17(2)25-19/h4-6,9-10,14-15H,7-8,11-13H2,1-3H3,(H2,22,23,24). The monoisotopic (exact) mass is 396 g/mol. The molecule has 28 heavy (non-hydrogen) atoms. The molecular formula is C21H28N6S. The number of rotatable bonds is 8. The van der Waals surface area contributed by atoms with Crippen molar-refractivity contribution in [3.8, 4) is 5.69 Å². The third-order valence-corrected chi connectivity index (χ3v) is 5.32. The first-order valence-electron chi connectivity index (χ1n) is 9.62. The molecule has 3 rings (SSSR count). The minimum Gasteiger partial charge on any atom is -0.356 e. The topological polar surface area (TPSA) is 67.1 Å². The van der Waals surface area contributed by atoms with Crippen LogP contribution < -0.4 is 10.6 Å². The van der Waals surface area contributed by atoms with Crippen LogP contribution in [0.3, 0.4) is 0 Å². The average molecular weight is 397 g/mol. The Morgan fingerprint density at radius 3 is 2.61 bits per heavy atom. The molecule has 2 N–H and O–H groups in total. The Morgan fingerprint density at radius 1 is 1.11 bits per heavy atom. The van der Waals surface area contributed by atoms with Gasteiger partial charge in [0.15, 0.2) is 5.96 Å². The molecule has 0 aliphatic rings. The Balaban J connectivity index is 1.40. The van der Waals surface area contributed by atoms with Crippen molar-refractivity contribution in [3.63, 3.8) is 0 Å². The van der Waals surface area contributed by atoms with Crippen LogP contribution in [0.25, 0.3) is 5.69 Å². The molecule has 0 fully saturated rings. The van der Waals surface area contributed by atoms with E-state index < -0.39 is 0 Å². The molecule has 2 heterocycles. The van der Waals surface area contributed by atoms with E-state index in [1.165, 1.54) is 5.56 Å². The Labute approximate surface area is 170 Å². The number of aliphatic imine (C=N–C) groups is 1. The van der Waals surface area contributed by atoms with Crippen LogP contribution in [0.2, 0.25) is 0 Å². The van der Waals surface area contributed by atoms with Gasteiger partial charge in [-0.3, -0.25) is 4.99 Å². The van der Waals surface area contributed by atoms with Gasteiger partial charge in [-0.05, 0) is 44.4 Å². The van der Waals surface area contributed by atoms with Crippen LogP contribution in [0, 0.1) is 13.8 Å². The molecular weight excluding hydrogens is 368 g/mol. The van der Waals surface area contributed by atoms with E-state index >= 15 is 0 Å². The Morgan fingerprint density at radius 2 is 1.89 bits per heavy atom. The Bertz CT molecular complexity index is 897. The zero-order chi connectivity index (χ0) is 19.8. The summed E-state index contributed by atoms with van der Waals surface area (Å²) >= 11 is 1.69. The van der Waals surface area contributed by atoms with Crippen LogP contribution >= 0.6 is 11.3 Å². The van der Waals surface area contributed by atoms with Crippen molar-refractivity contribution in [2.75, 3.05) is 20.1 Å². The van der Waals surface area contributed by atoms with Gasteiger partial charge in [-0.25, -0.2) is 9.67 Å². The molecule has 1 aromatic carbocycles. The first-order chi connectivity index (χ1) is 13.7. The molecule has 2 aromatic heterocycles. The molecule has 0 aliphatic carbocycles. The molecule has 0 radical (unpaired) electrons. The number of aromatic nitrogens is 3. The Kier molecular flexibility index (Phi) is 7.19. The second kappa shape index (κ2) is 10.0. The normalized spacial score (nSPS) is 11.6. The number of guanidine groups is 1. The van der Waals surface area contributed by atoms with E-state index in [0.29, 0.717) is 0 Å². The summed E-state index contributed by atoms with van der Waals surface area (Å²) in [5.41, 5.74) is 4.60. The number of para-hydroxylation sites is 1. The average Bonchev–Trinajstić information content (AvgIpc) is 3.29. The second-order valence-electron chi connectivity index (χ2n) is 6.66. The lowest BCUT2D eigenvalue weighted by atomic mass is 10.1. The first kappa shape index (κ1) is 20.1. The van der Waals surface area contributed by atoms with E-state index in [-0.39, 0.29) is 0 Å². The van der Waals surface area contributed by atoms with E-state index in [9.17, 15) is 0 Å². The fraction of sp³-hybridized carbons (Fsp3) is 0.381. The van der Waals surface area contributed by atoms with Gasteiger partial charge >= 0.3 is 0 Å². The highest BCUT2D eigenvalue weighted by Crippen LogP contribution is 2.13. The summed E-state index contributed by atoms with van der Waals surface area (Å²) in [6.07, 6.45) is 5.05. The summed E-state index contributed by atoms with van der Waals surface area (Å²) in [6.45, 7) is 5.80. The van der Waals surface area contributed by atoms with Gasteiger partial charge in [0.25, 0.3) is 0 Å². The lowest BCUT2D eigenvalue weighted by Gasteiger charge is -2.11. The van der Waals surface area contributed by atoms with Crippen LogP contribution in [0.15, 0.2) is 46.9 Å². The summed E-state index contributed by atoms with van der Waals surface area (Å²) in [7, 11) is 1.80. The van der Waals surface area contributed by atoms with Gasteiger partial charge in [-0.1, -0.05) is 18.2 Å². The number of nitrogens with zero attached hydrogens (tertiary/aromatic N) is 4. The summed E-state index contributed by atoms with van der Waals surface area (Å²) < 4.78 is 1.96. The second-order valence-corrected chi connectivity index (χ2v) is 7.72. The van der Waals surface area contributed by atoms with Crippen molar-refractivity contribution in [2.24, 2.45) is 4.99 Å². The van der Waals surface area contributed by atoms with Crippen molar-refractivity contribution >= 4 is 17.3 Å². The largest absolute Gasteiger partial charge is 0.356 e. The maximum absolute atomic E-state index is 4.64. The van der Waals surface area contributed by atoms with Crippen LogP contribution in [0.1, 0.15) is 28.4 Å². The number of thiazole rings is 1. The molecule has 0 atom stereocenters. The molecule has 0 unspecified atom stereocenters. The molecule has 0 saturated heterocycles. The highest BCUT2D eigenvalue weighted by Gasteiger charge is 2.06. The quantitative estimate of drug-likeness (QED) is 0.348. The van der Waals surface area contributed by atoms with Gasteiger partial charge in [0.2, 0.25) is 0 Å². The summed E-state index contributed by atoms with van der Waals surface area (Å²) in [4.78, 5) is 8.78. The third-order valence-electron chi connectivity index (χ3n) is 4.50. The van der Waals surface area contributed by atoms with Crippen molar-refractivity contribution in [3.05, 3.63) is 63.9 Å². The predicted molar refractivity (Wildman–Crippen MR) is 117 cm³/mol. The van der Waals surface area contributed by atoms with Gasteiger partial charge < -0.3 is 10.6 Å². The fourth-order valence-corrected chi connectivity index (χ4v) is 3.64. The molecule has 0 aliphatic heterocycles. The third kappa shape index (κ3) is 5.66. The highest BCUT2D eigenvalue weighted by molar-refractivity contribution is 7.09. The summed E-state index contributed by atoms with van der Waals surface area (Å²) in [5, 5.41) is 14.6. The maximum Gasteiger partial charge on any atom is 0.190 e. The van der Waals surface area contributed by atoms with Gasteiger partial charge in [0.05, 0.1) is 22.1 Å². The van der Waals surface area contributed by atoms with Crippen molar-refractivity contribution in [1.82, 2.24) is 25.4 Å². The number of hydrogen-bond acceptors (Lipinski definition) is 4. The number of hydrogen-bond donors (Lipinski definition) is 2. The molecule has 0 spiro atoms. The SMILES string of the molecule is CN=C(NCCCc1cn(-c2ccccc2)nc1C)NCCc1csc(C)n1. The minimum absolute atomic E-state index is 0.825. The van der Waals surface area contributed by atoms with E-state index in [2.05, 4.69) is 56.3 Å². The predicted octanol–water partition coefficient (Wildman–Crippen LogP) is 3.29. The summed E-state index contributed by atoms with van der Waals surface area (Å²) in [5.74, 6) is 0.837. The smallest absolute Gasteiger partial charge is 0.190 e. The Hall–Kier alpha value is -2.67. The lowest BCUT2D eigenvalue weighted by Crippen LogP contribution is -2.38. The molecule has 3 aromatic rings. The van der Waals surface area contributed by atoms with Crippen LogP contribution in [-0.4, -0.2) is 40.9 Å². The molecule has 148 valence electrons. The molecule has 0 bridgehead atoms. The first-order valence-corrected chi connectivity index (χ1v) is 10.5. The zero-order valence-corrected chi connectivity index (χ0v) is 17.6.